The molecule has 2 aromatic rings. The quantitative estimate of drug-likeness (QED) is 0.667. The van der Waals surface area contributed by atoms with Crippen LogP contribution in [-0.2, 0) is 16.1 Å². The Kier molecular flexibility index (Phi) is 8.20. The highest BCUT2D eigenvalue weighted by Crippen LogP contribution is 2.22. The molecule has 0 spiro atoms. The van der Waals surface area contributed by atoms with Crippen LogP contribution in [0.1, 0.15) is 24.5 Å². The third-order valence-corrected chi connectivity index (χ3v) is 5.49. The Hall–Kier alpha value is -1.98. The minimum Gasteiger partial charge on any atom is -0.357 e. The van der Waals surface area contributed by atoms with Crippen molar-refractivity contribution in [2.24, 2.45) is 0 Å². The van der Waals surface area contributed by atoms with Gasteiger partial charge in [-0.1, -0.05) is 48.4 Å². The minimum absolute atomic E-state index is 0.0630. The van der Waals surface area contributed by atoms with Crippen LogP contribution in [0.15, 0.2) is 53.4 Å². The third-order valence-electron chi connectivity index (χ3n) is 4.24. The van der Waals surface area contributed by atoms with E-state index in [9.17, 15) is 9.59 Å². The number of nitrogens with zero attached hydrogens (tertiary/aromatic N) is 1. The molecule has 2 rings (SSSR count). The average molecular weight is 405 g/mol. The number of carbonyl (C=O) groups excluding carboxylic acids is 2. The van der Waals surface area contributed by atoms with Gasteiger partial charge in [-0.3, -0.25) is 9.59 Å². The van der Waals surface area contributed by atoms with Crippen molar-refractivity contribution in [1.29, 1.82) is 0 Å². The van der Waals surface area contributed by atoms with E-state index in [1.54, 1.807) is 24.1 Å². The third kappa shape index (κ3) is 6.29. The summed E-state index contributed by atoms with van der Waals surface area (Å²) in [5.74, 6) is 0.0583. The topological polar surface area (TPSA) is 49.4 Å². The Morgan fingerprint density at radius 3 is 2.48 bits per heavy atom. The van der Waals surface area contributed by atoms with Crippen molar-refractivity contribution < 1.29 is 9.59 Å². The van der Waals surface area contributed by atoms with Crippen molar-refractivity contribution in [2.75, 3.05) is 12.8 Å². The fourth-order valence-electron chi connectivity index (χ4n) is 2.85. The number of rotatable bonds is 8. The SMILES string of the molecule is CC[C@H](C(=O)NC)N(Cc1cccc(C)c1)C(=O)CSc1ccc(Cl)cc1. The highest BCUT2D eigenvalue weighted by molar-refractivity contribution is 8.00. The van der Waals surface area contributed by atoms with E-state index in [4.69, 9.17) is 11.6 Å². The molecule has 4 nitrogen and oxygen atoms in total. The molecule has 0 bridgehead atoms. The van der Waals surface area contributed by atoms with Crippen molar-refractivity contribution >= 4 is 35.2 Å². The van der Waals surface area contributed by atoms with Crippen molar-refractivity contribution in [1.82, 2.24) is 10.2 Å². The van der Waals surface area contributed by atoms with Crippen LogP contribution in [0, 0.1) is 6.92 Å². The van der Waals surface area contributed by atoms with Crippen LogP contribution in [0.25, 0.3) is 0 Å². The Morgan fingerprint density at radius 2 is 1.89 bits per heavy atom. The maximum atomic E-state index is 13.0. The Morgan fingerprint density at radius 1 is 1.19 bits per heavy atom. The first-order chi connectivity index (χ1) is 12.9. The molecule has 1 atom stereocenters. The normalized spacial score (nSPS) is 11.7. The first-order valence-corrected chi connectivity index (χ1v) is 10.3. The van der Waals surface area contributed by atoms with Gasteiger partial charge in [0, 0.05) is 23.5 Å². The van der Waals surface area contributed by atoms with Gasteiger partial charge in [0.1, 0.15) is 6.04 Å². The molecule has 2 aromatic carbocycles. The van der Waals surface area contributed by atoms with Crippen molar-refractivity contribution in [3.8, 4) is 0 Å². The van der Waals surface area contributed by atoms with Gasteiger partial charge in [0.2, 0.25) is 11.8 Å². The number of thioether (sulfide) groups is 1. The second-order valence-corrected chi connectivity index (χ2v) is 7.78. The summed E-state index contributed by atoms with van der Waals surface area (Å²) >= 11 is 7.36. The van der Waals surface area contributed by atoms with Crippen LogP contribution in [0.3, 0.4) is 0 Å². The summed E-state index contributed by atoms with van der Waals surface area (Å²) in [5.41, 5.74) is 2.14. The number of amides is 2. The molecule has 0 aliphatic carbocycles. The van der Waals surface area contributed by atoms with Crippen LogP contribution in [0.5, 0.6) is 0 Å². The van der Waals surface area contributed by atoms with Gasteiger partial charge in [-0.2, -0.15) is 0 Å². The van der Waals surface area contributed by atoms with E-state index in [1.807, 2.05) is 50.2 Å². The standard InChI is InChI=1S/C21H25ClN2O2S/c1-4-19(21(26)23-3)24(13-16-7-5-6-15(2)12-16)20(25)14-27-18-10-8-17(22)9-11-18/h5-12,19H,4,13-14H2,1-3H3,(H,23,26)/t19-/m1/s1. The van der Waals surface area contributed by atoms with Gasteiger partial charge in [-0.05, 0) is 43.2 Å². The highest BCUT2D eigenvalue weighted by atomic mass is 35.5. The van der Waals surface area contributed by atoms with Gasteiger partial charge in [-0.15, -0.1) is 11.8 Å². The van der Waals surface area contributed by atoms with Crippen molar-refractivity contribution in [2.45, 2.75) is 37.8 Å². The van der Waals surface area contributed by atoms with E-state index in [1.165, 1.54) is 11.8 Å². The second kappa shape index (κ2) is 10.4. The molecule has 0 aliphatic rings. The van der Waals surface area contributed by atoms with Gasteiger partial charge < -0.3 is 10.2 Å². The monoisotopic (exact) mass is 404 g/mol. The molecular weight excluding hydrogens is 380 g/mol. The number of aryl methyl sites for hydroxylation is 1. The lowest BCUT2D eigenvalue weighted by molar-refractivity contribution is -0.139. The van der Waals surface area contributed by atoms with Gasteiger partial charge in [0.15, 0.2) is 0 Å². The van der Waals surface area contributed by atoms with Crippen LogP contribution in [0.4, 0.5) is 0 Å². The smallest absolute Gasteiger partial charge is 0.242 e. The second-order valence-electron chi connectivity index (χ2n) is 6.29. The molecule has 0 aromatic heterocycles. The van der Waals surface area contributed by atoms with Gasteiger partial charge in [-0.25, -0.2) is 0 Å². The zero-order chi connectivity index (χ0) is 19.8. The summed E-state index contributed by atoms with van der Waals surface area (Å²) in [6.07, 6.45) is 0.558. The maximum absolute atomic E-state index is 13.0. The molecule has 0 fully saturated rings. The lowest BCUT2D eigenvalue weighted by Crippen LogP contribution is -2.48. The van der Waals surface area contributed by atoms with Crippen LogP contribution < -0.4 is 5.32 Å². The molecule has 6 heteroatoms. The molecule has 0 unspecified atom stereocenters. The fourth-order valence-corrected chi connectivity index (χ4v) is 3.76. The van der Waals surface area contributed by atoms with Gasteiger partial charge >= 0.3 is 0 Å². The zero-order valence-corrected chi connectivity index (χ0v) is 17.4. The first kappa shape index (κ1) is 21.3. The predicted molar refractivity (Wildman–Crippen MR) is 112 cm³/mol. The molecule has 0 aliphatic heterocycles. The lowest BCUT2D eigenvalue weighted by atomic mass is 10.1. The molecule has 2 amide bonds. The maximum Gasteiger partial charge on any atom is 0.242 e. The van der Waals surface area contributed by atoms with E-state index in [2.05, 4.69) is 5.32 Å². The Balaban J connectivity index is 2.17. The minimum atomic E-state index is -0.492. The van der Waals surface area contributed by atoms with Crippen LogP contribution >= 0.6 is 23.4 Å². The molecular formula is C21H25ClN2O2S. The number of hydrogen-bond acceptors (Lipinski definition) is 3. The summed E-state index contributed by atoms with van der Waals surface area (Å²) in [6, 6.07) is 14.9. The summed E-state index contributed by atoms with van der Waals surface area (Å²) in [7, 11) is 1.60. The fraction of sp³-hybridized carbons (Fsp3) is 0.333. The van der Waals surface area contributed by atoms with E-state index in [0.29, 0.717) is 18.0 Å². The van der Waals surface area contributed by atoms with Crippen molar-refractivity contribution in [3.05, 3.63) is 64.7 Å². The van der Waals surface area contributed by atoms with Crippen molar-refractivity contribution in [3.63, 3.8) is 0 Å². The molecule has 144 valence electrons. The molecule has 0 saturated carbocycles. The molecule has 0 saturated heterocycles. The Labute approximate surface area is 170 Å². The van der Waals surface area contributed by atoms with E-state index < -0.39 is 6.04 Å². The average Bonchev–Trinajstić information content (AvgIpc) is 2.67. The molecule has 0 heterocycles. The van der Waals surface area contributed by atoms with Gasteiger partial charge in [0.05, 0.1) is 5.75 Å². The molecule has 0 radical (unpaired) electrons. The number of likely N-dealkylation sites (N-methyl/N-ethyl adjacent to an activating group) is 1. The zero-order valence-electron chi connectivity index (χ0n) is 15.9. The summed E-state index contributed by atoms with van der Waals surface area (Å²) in [5, 5.41) is 3.34. The van der Waals surface area contributed by atoms with E-state index in [0.717, 1.165) is 16.0 Å². The summed E-state index contributed by atoms with van der Waals surface area (Å²) in [6.45, 7) is 4.35. The Bertz CT molecular complexity index is 780. The number of hydrogen-bond donors (Lipinski definition) is 1. The van der Waals surface area contributed by atoms with Crippen LogP contribution in [0.2, 0.25) is 5.02 Å². The highest BCUT2D eigenvalue weighted by Gasteiger charge is 2.27. The number of carbonyl (C=O) groups is 2. The molecule has 27 heavy (non-hydrogen) atoms. The summed E-state index contributed by atoms with van der Waals surface area (Å²) < 4.78 is 0. The first-order valence-electron chi connectivity index (χ1n) is 8.89. The lowest BCUT2D eigenvalue weighted by Gasteiger charge is -2.30. The number of benzene rings is 2. The molecule has 1 N–H and O–H groups in total. The largest absolute Gasteiger partial charge is 0.357 e. The van der Waals surface area contributed by atoms with Gasteiger partial charge in [0.25, 0.3) is 0 Å². The number of halogens is 1. The van der Waals surface area contributed by atoms with E-state index in [-0.39, 0.29) is 17.6 Å². The summed E-state index contributed by atoms with van der Waals surface area (Å²) in [4.78, 5) is 28.0. The van der Waals surface area contributed by atoms with Crippen LogP contribution in [-0.4, -0.2) is 35.6 Å². The predicted octanol–water partition coefficient (Wildman–Crippen LogP) is 4.29. The number of nitrogens with one attached hydrogen (secondary N) is 1. The van der Waals surface area contributed by atoms with E-state index >= 15 is 0 Å².